The maximum atomic E-state index is 10.9. The minimum Gasteiger partial charge on any atom is -0.472 e. The maximum Gasteiger partial charge on any atom is 0.378 e. The van der Waals surface area contributed by atoms with Crippen LogP contribution in [0.3, 0.4) is 0 Å². The highest BCUT2D eigenvalue weighted by Gasteiger charge is 2.12. The smallest absolute Gasteiger partial charge is 0.378 e. The largest absolute Gasteiger partial charge is 0.472 e. The Kier molecular flexibility index (Phi) is 2.44. The van der Waals surface area contributed by atoms with E-state index in [1.54, 1.807) is 24.3 Å². The number of ether oxygens (including phenoxy) is 1. The number of hydrogen-bond donors (Lipinski definition) is 1. The second-order valence-corrected chi connectivity index (χ2v) is 2.99. The van der Waals surface area contributed by atoms with Gasteiger partial charge in [-0.05, 0) is 12.1 Å². The summed E-state index contributed by atoms with van der Waals surface area (Å²) in [7, 11) is 0. The van der Waals surface area contributed by atoms with Crippen LogP contribution in [0, 0.1) is 0 Å². The van der Waals surface area contributed by atoms with Crippen molar-refractivity contribution in [3.05, 3.63) is 24.3 Å². The fourth-order valence-electron chi connectivity index (χ4n) is 0.908. The predicted octanol–water partition coefficient (Wildman–Crippen LogP) is 0.515. The third-order valence-electron chi connectivity index (χ3n) is 1.42. The monoisotopic (exact) mass is 201 g/mol. The van der Waals surface area contributed by atoms with Crippen LogP contribution in [-0.2, 0) is 15.6 Å². The Bertz CT molecular complexity index is 330. The van der Waals surface area contributed by atoms with Crippen LogP contribution in [0.5, 0.6) is 11.5 Å². The van der Waals surface area contributed by atoms with Gasteiger partial charge in [-0.1, -0.05) is 12.1 Å². The first kappa shape index (κ1) is 8.49. The van der Waals surface area contributed by atoms with Gasteiger partial charge in [-0.3, -0.25) is 0 Å². The number of nitrogens with one attached hydrogen (secondary N) is 1. The molecule has 2 rings (SSSR count). The molecule has 70 valence electrons. The molecular formula is C7H7NO4S. The quantitative estimate of drug-likeness (QED) is 0.663. The van der Waals surface area contributed by atoms with Crippen LogP contribution >= 0.6 is 0 Å². The average Bonchev–Trinajstić information content (AvgIpc) is 2.11. The van der Waals surface area contributed by atoms with Crippen molar-refractivity contribution in [1.29, 1.82) is 0 Å². The van der Waals surface area contributed by atoms with Gasteiger partial charge in [0.1, 0.15) is 0 Å². The molecule has 0 spiro atoms. The van der Waals surface area contributed by atoms with Gasteiger partial charge in [0, 0.05) is 0 Å². The van der Waals surface area contributed by atoms with Crippen LogP contribution in [0.1, 0.15) is 0 Å². The third kappa shape index (κ3) is 1.97. The molecule has 0 fully saturated rings. The first-order valence-corrected chi connectivity index (χ1v) is 4.58. The first-order chi connectivity index (χ1) is 6.36. The Labute approximate surface area is 77.4 Å². The molecule has 0 aliphatic carbocycles. The molecule has 6 heteroatoms. The Hall–Kier alpha value is -1.11. The van der Waals surface area contributed by atoms with Gasteiger partial charge < -0.3 is 8.92 Å². The van der Waals surface area contributed by atoms with Crippen molar-refractivity contribution >= 4 is 11.4 Å². The van der Waals surface area contributed by atoms with Crippen LogP contribution in [-0.4, -0.2) is 10.9 Å². The van der Waals surface area contributed by atoms with Gasteiger partial charge in [0.05, 0.1) is 0 Å². The molecule has 0 bridgehead atoms. The zero-order valence-corrected chi connectivity index (χ0v) is 7.37. The van der Waals surface area contributed by atoms with Gasteiger partial charge in [-0.15, -0.1) is 5.48 Å². The number of fused-ring (bicyclic) bond motifs is 1. The van der Waals surface area contributed by atoms with Gasteiger partial charge >= 0.3 is 11.4 Å². The fraction of sp³-hybridized carbons (Fsp3) is 0.143. The summed E-state index contributed by atoms with van der Waals surface area (Å²) in [6.45, 7) is 0.131. The molecule has 1 aliphatic rings. The lowest BCUT2D eigenvalue weighted by atomic mass is 10.3. The highest BCUT2D eigenvalue weighted by Crippen LogP contribution is 2.27. The SMILES string of the molecule is O=S1ONCOc2ccccc2O1. The van der Waals surface area contributed by atoms with E-state index in [1.807, 2.05) is 0 Å². The van der Waals surface area contributed by atoms with Gasteiger partial charge in [-0.2, -0.15) is 8.49 Å². The lowest BCUT2D eigenvalue weighted by Crippen LogP contribution is -2.26. The predicted molar refractivity (Wildman–Crippen MR) is 44.9 cm³/mol. The van der Waals surface area contributed by atoms with Crippen molar-refractivity contribution < 1.29 is 17.4 Å². The summed E-state index contributed by atoms with van der Waals surface area (Å²) in [4.78, 5) is 0. The van der Waals surface area contributed by atoms with E-state index in [2.05, 4.69) is 9.76 Å². The summed E-state index contributed by atoms with van der Waals surface area (Å²) in [5, 5.41) is 0. The van der Waals surface area contributed by atoms with Crippen molar-refractivity contribution in [3.63, 3.8) is 0 Å². The molecule has 1 heterocycles. The van der Waals surface area contributed by atoms with Crippen molar-refractivity contribution in [2.24, 2.45) is 0 Å². The van der Waals surface area contributed by atoms with E-state index < -0.39 is 11.4 Å². The van der Waals surface area contributed by atoms with E-state index in [0.717, 1.165) is 0 Å². The van der Waals surface area contributed by atoms with Crippen LogP contribution < -0.4 is 14.4 Å². The summed E-state index contributed by atoms with van der Waals surface area (Å²) in [6, 6.07) is 6.93. The maximum absolute atomic E-state index is 10.9. The summed E-state index contributed by atoms with van der Waals surface area (Å²) in [5.74, 6) is 0.939. The van der Waals surface area contributed by atoms with E-state index in [0.29, 0.717) is 11.5 Å². The van der Waals surface area contributed by atoms with Gasteiger partial charge in [-0.25, -0.2) is 0 Å². The minimum absolute atomic E-state index is 0.131. The van der Waals surface area contributed by atoms with E-state index in [1.165, 1.54) is 0 Å². The van der Waals surface area contributed by atoms with Crippen LogP contribution in [0.4, 0.5) is 0 Å². The molecule has 0 saturated carbocycles. The van der Waals surface area contributed by atoms with Gasteiger partial charge in [0.15, 0.2) is 18.2 Å². The summed E-state index contributed by atoms with van der Waals surface area (Å²) >= 11 is -1.82. The Balaban J connectivity index is 2.30. The van der Waals surface area contributed by atoms with Gasteiger partial charge in [0.25, 0.3) is 0 Å². The molecule has 0 saturated heterocycles. The molecule has 1 aromatic carbocycles. The van der Waals surface area contributed by atoms with Crippen LogP contribution in [0.15, 0.2) is 24.3 Å². The molecule has 1 unspecified atom stereocenters. The lowest BCUT2D eigenvalue weighted by molar-refractivity contribution is 0.109. The summed E-state index contributed by atoms with van der Waals surface area (Å²) in [6.07, 6.45) is 0. The molecule has 0 aromatic heterocycles. The zero-order valence-electron chi connectivity index (χ0n) is 6.56. The molecule has 13 heavy (non-hydrogen) atoms. The Morgan fingerprint density at radius 2 is 2.08 bits per heavy atom. The summed E-state index contributed by atoms with van der Waals surface area (Å²) in [5.41, 5.74) is 2.33. The zero-order chi connectivity index (χ0) is 9.10. The van der Waals surface area contributed by atoms with Crippen molar-refractivity contribution in [2.75, 3.05) is 6.73 Å². The molecule has 0 amide bonds. The lowest BCUT2D eigenvalue weighted by Gasteiger charge is -2.14. The fourth-order valence-corrected chi connectivity index (χ4v) is 1.37. The molecule has 1 N–H and O–H groups in total. The Morgan fingerprint density at radius 3 is 2.92 bits per heavy atom. The van der Waals surface area contributed by atoms with E-state index in [4.69, 9.17) is 8.92 Å². The van der Waals surface area contributed by atoms with E-state index in [-0.39, 0.29) is 6.73 Å². The highest BCUT2D eigenvalue weighted by atomic mass is 32.2. The summed E-state index contributed by atoms with van der Waals surface area (Å²) < 4.78 is 25.5. The molecule has 1 atom stereocenters. The Morgan fingerprint density at radius 1 is 1.31 bits per heavy atom. The second kappa shape index (κ2) is 3.73. The molecule has 5 nitrogen and oxygen atoms in total. The van der Waals surface area contributed by atoms with Gasteiger partial charge in [0.2, 0.25) is 0 Å². The first-order valence-electron chi connectivity index (χ1n) is 3.58. The molecule has 0 radical (unpaired) electrons. The molecular weight excluding hydrogens is 194 g/mol. The highest BCUT2D eigenvalue weighted by molar-refractivity contribution is 7.75. The second-order valence-electron chi connectivity index (χ2n) is 2.25. The third-order valence-corrected chi connectivity index (χ3v) is 1.99. The van der Waals surface area contributed by atoms with Crippen molar-refractivity contribution in [3.8, 4) is 11.5 Å². The standard InChI is InChI=1S/C7H7NO4S/c9-13-11-7-4-2-1-3-6(7)10-5-8-12-13/h1-4,8H,5H2. The average molecular weight is 201 g/mol. The number of para-hydroxylation sites is 2. The van der Waals surface area contributed by atoms with E-state index >= 15 is 0 Å². The van der Waals surface area contributed by atoms with Crippen molar-refractivity contribution in [2.45, 2.75) is 0 Å². The normalized spacial score (nSPS) is 21.7. The van der Waals surface area contributed by atoms with Crippen molar-refractivity contribution in [1.82, 2.24) is 5.48 Å². The van der Waals surface area contributed by atoms with E-state index in [9.17, 15) is 4.21 Å². The number of hydroxylamine groups is 1. The van der Waals surface area contributed by atoms with Crippen LogP contribution in [0.2, 0.25) is 0 Å². The number of hydrogen-bond acceptors (Lipinski definition) is 5. The molecule has 1 aliphatic heterocycles. The molecule has 1 aromatic rings. The number of rotatable bonds is 0. The topological polar surface area (TPSA) is 56.8 Å². The minimum atomic E-state index is -1.82. The number of benzene rings is 1. The van der Waals surface area contributed by atoms with Crippen LogP contribution in [0.25, 0.3) is 0 Å².